The van der Waals surface area contributed by atoms with Crippen molar-refractivity contribution < 1.29 is 5.11 Å². The van der Waals surface area contributed by atoms with Crippen LogP contribution in [0.5, 0.6) is 0 Å². The number of aliphatic hydroxyl groups is 1. The molecule has 0 saturated carbocycles. The van der Waals surface area contributed by atoms with E-state index >= 15 is 0 Å². The molecule has 0 aliphatic rings. The summed E-state index contributed by atoms with van der Waals surface area (Å²) in [6, 6.07) is -0.335. The van der Waals surface area contributed by atoms with E-state index in [1.807, 2.05) is 0 Å². The number of nitrogens with two attached hydrogens (primary N) is 2. The number of hydrogen-bond donors (Lipinski definition) is 4. The van der Waals surface area contributed by atoms with Crippen molar-refractivity contribution >= 4 is 0 Å². The van der Waals surface area contributed by atoms with Crippen molar-refractivity contribution in [2.24, 2.45) is 11.5 Å². The Labute approximate surface area is 72.9 Å². The molecule has 12 heavy (non-hydrogen) atoms. The van der Waals surface area contributed by atoms with E-state index < -0.39 is 0 Å². The Morgan fingerprint density at radius 2 is 2.08 bits per heavy atom. The Balaban J connectivity index is 3.31. The third kappa shape index (κ3) is 5.61. The third-order valence-corrected chi connectivity index (χ3v) is 1.47. The molecular weight excluding hydrogens is 154 g/mol. The largest absolute Gasteiger partial charge is 0.511 e. The second kappa shape index (κ2) is 5.49. The smallest absolute Gasteiger partial charge is 0.102 e. The molecular formula is C8H17N3O. The van der Waals surface area contributed by atoms with Gasteiger partial charge in [-0.1, -0.05) is 13.2 Å². The Bertz CT molecular complexity index is 168. The molecule has 0 amide bonds. The quantitative estimate of drug-likeness (QED) is 0.339. The number of nitrogens with one attached hydrogen (secondary N) is 1. The minimum atomic E-state index is -0.335. The molecule has 0 spiro atoms. The molecule has 0 bridgehead atoms. The van der Waals surface area contributed by atoms with Gasteiger partial charge in [-0.3, -0.25) is 0 Å². The first kappa shape index (κ1) is 10.8. The van der Waals surface area contributed by atoms with Gasteiger partial charge in [0.2, 0.25) is 0 Å². The summed E-state index contributed by atoms with van der Waals surface area (Å²) in [4.78, 5) is 0. The topological polar surface area (TPSA) is 84.3 Å². The van der Waals surface area contributed by atoms with Gasteiger partial charge in [0.1, 0.15) is 5.76 Å². The molecule has 0 radical (unpaired) electrons. The maximum absolute atomic E-state index is 8.85. The Kier molecular flexibility index (Phi) is 4.96. The van der Waals surface area contributed by atoms with Gasteiger partial charge in [0.05, 0.1) is 11.9 Å². The minimum absolute atomic E-state index is 0.0292. The predicted octanol–water partition coefficient (Wildman–Crippen LogP) is 0.185. The molecule has 0 unspecified atom stereocenters. The second-order valence-electron chi connectivity index (χ2n) is 2.69. The van der Waals surface area contributed by atoms with Crippen molar-refractivity contribution in [1.82, 2.24) is 5.32 Å². The highest BCUT2D eigenvalue weighted by atomic mass is 16.3. The molecule has 0 saturated heterocycles. The summed E-state index contributed by atoms with van der Waals surface area (Å²) in [6.07, 6.45) is 1.52. The van der Waals surface area contributed by atoms with Crippen LogP contribution in [0.3, 0.4) is 0 Å². The van der Waals surface area contributed by atoms with Crippen LogP contribution in [-0.4, -0.2) is 17.7 Å². The van der Waals surface area contributed by atoms with Gasteiger partial charge >= 0.3 is 0 Å². The zero-order chi connectivity index (χ0) is 9.56. The fourth-order valence-electron chi connectivity index (χ4n) is 0.738. The van der Waals surface area contributed by atoms with Gasteiger partial charge in [-0.05, 0) is 12.8 Å². The van der Waals surface area contributed by atoms with Crippen molar-refractivity contribution in [1.29, 1.82) is 0 Å². The highest BCUT2D eigenvalue weighted by Crippen LogP contribution is 1.99. The van der Waals surface area contributed by atoms with Crippen molar-refractivity contribution in [3.05, 3.63) is 24.7 Å². The van der Waals surface area contributed by atoms with E-state index in [4.69, 9.17) is 16.6 Å². The lowest BCUT2D eigenvalue weighted by molar-refractivity contribution is 0.359. The molecule has 0 heterocycles. The highest BCUT2D eigenvalue weighted by molar-refractivity contribution is 4.92. The first-order valence-corrected chi connectivity index (χ1v) is 3.85. The molecule has 0 fully saturated rings. The van der Waals surface area contributed by atoms with Crippen LogP contribution in [0.2, 0.25) is 0 Å². The van der Waals surface area contributed by atoms with Crippen LogP contribution in [0.1, 0.15) is 12.8 Å². The molecule has 0 aromatic carbocycles. The van der Waals surface area contributed by atoms with Crippen LogP contribution in [-0.2, 0) is 0 Å². The van der Waals surface area contributed by atoms with Crippen LogP contribution >= 0.6 is 0 Å². The maximum Gasteiger partial charge on any atom is 0.102 e. The van der Waals surface area contributed by atoms with E-state index in [0.717, 1.165) is 13.0 Å². The van der Waals surface area contributed by atoms with E-state index in [1.54, 1.807) is 0 Å². The molecule has 0 aromatic heterocycles. The highest BCUT2D eigenvalue weighted by Gasteiger charge is 2.03. The molecule has 1 atom stereocenters. The molecule has 0 aromatic rings. The SMILES string of the molecule is C=C(N)NCCC[C@H](N)C(=C)O. The summed E-state index contributed by atoms with van der Waals surface area (Å²) in [6.45, 7) is 7.53. The van der Waals surface area contributed by atoms with Gasteiger partial charge in [0.25, 0.3) is 0 Å². The van der Waals surface area contributed by atoms with Gasteiger partial charge in [-0.2, -0.15) is 0 Å². The van der Waals surface area contributed by atoms with E-state index in [0.29, 0.717) is 12.2 Å². The van der Waals surface area contributed by atoms with E-state index in [1.165, 1.54) is 0 Å². The Morgan fingerprint density at radius 1 is 1.50 bits per heavy atom. The summed E-state index contributed by atoms with van der Waals surface area (Å²) >= 11 is 0. The molecule has 6 N–H and O–H groups in total. The van der Waals surface area contributed by atoms with Crippen molar-refractivity contribution in [3.63, 3.8) is 0 Å². The van der Waals surface area contributed by atoms with E-state index in [9.17, 15) is 0 Å². The first-order chi connectivity index (χ1) is 5.54. The molecule has 0 aliphatic heterocycles. The van der Waals surface area contributed by atoms with E-state index in [2.05, 4.69) is 18.5 Å². The summed E-state index contributed by atoms with van der Waals surface area (Å²) in [5, 5.41) is 11.7. The normalized spacial score (nSPS) is 12.1. The summed E-state index contributed by atoms with van der Waals surface area (Å²) < 4.78 is 0. The molecule has 0 aliphatic carbocycles. The first-order valence-electron chi connectivity index (χ1n) is 3.85. The third-order valence-electron chi connectivity index (χ3n) is 1.47. The lowest BCUT2D eigenvalue weighted by Crippen LogP contribution is -2.25. The number of rotatable bonds is 6. The van der Waals surface area contributed by atoms with Crippen LogP contribution < -0.4 is 16.8 Å². The van der Waals surface area contributed by atoms with Crippen LogP contribution in [0, 0.1) is 0 Å². The van der Waals surface area contributed by atoms with Gasteiger partial charge in [-0.15, -0.1) is 0 Å². The minimum Gasteiger partial charge on any atom is -0.511 e. The average molecular weight is 171 g/mol. The van der Waals surface area contributed by atoms with Crippen molar-refractivity contribution in [2.45, 2.75) is 18.9 Å². The molecule has 4 nitrogen and oxygen atoms in total. The zero-order valence-corrected chi connectivity index (χ0v) is 7.21. The Morgan fingerprint density at radius 3 is 2.50 bits per heavy atom. The van der Waals surface area contributed by atoms with Crippen LogP contribution in [0.4, 0.5) is 0 Å². The lowest BCUT2D eigenvalue weighted by Gasteiger charge is -2.09. The average Bonchev–Trinajstić information content (AvgIpc) is 1.97. The second-order valence-corrected chi connectivity index (χ2v) is 2.69. The fourth-order valence-corrected chi connectivity index (χ4v) is 0.738. The number of hydrogen-bond acceptors (Lipinski definition) is 4. The van der Waals surface area contributed by atoms with Gasteiger partial charge in [0.15, 0.2) is 0 Å². The summed E-state index contributed by atoms with van der Waals surface area (Å²) in [5.41, 5.74) is 10.8. The summed E-state index contributed by atoms with van der Waals surface area (Å²) in [5.74, 6) is 0.480. The van der Waals surface area contributed by atoms with Crippen molar-refractivity contribution in [3.8, 4) is 0 Å². The maximum atomic E-state index is 8.85. The molecule has 4 heteroatoms. The lowest BCUT2D eigenvalue weighted by atomic mass is 10.1. The molecule has 70 valence electrons. The monoisotopic (exact) mass is 171 g/mol. The van der Waals surface area contributed by atoms with Gasteiger partial charge < -0.3 is 21.9 Å². The standard InChI is InChI=1S/C8H17N3O/c1-6(12)8(10)4-3-5-11-7(2)9/h8,11-12H,1-5,9-10H2/t8-/m0/s1. The zero-order valence-electron chi connectivity index (χ0n) is 7.21. The van der Waals surface area contributed by atoms with Crippen molar-refractivity contribution in [2.75, 3.05) is 6.54 Å². The van der Waals surface area contributed by atoms with Crippen LogP contribution in [0.25, 0.3) is 0 Å². The Hall–Kier alpha value is -1.16. The summed E-state index contributed by atoms with van der Waals surface area (Å²) in [7, 11) is 0. The number of aliphatic hydroxyl groups excluding tert-OH is 1. The van der Waals surface area contributed by atoms with Gasteiger partial charge in [0, 0.05) is 6.54 Å². The van der Waals surface area contributed by atoms with Gasteiger partial charge in [-0.25, -0.2) is 0 Å². The fraction of sp³-hybridized carbons (Fsp3) is 0.500. The molecule has 0 rings (SSSR count). The predicted molar refractivity (Wildman–Crippen MR) is 50.3 cm³/mol. The van der Waals surface area contributed by atoms with E-state index in [-0.39, 0.29) is 11.8 Å². The van der Waals surface area contributed by atoms with Crippen LogP contribution in [0.15, 0.2) is 24.7 Å².